The molecule has 1 N–H and O–H groups in total. The van der Waals surface area contributed by atoms with Crippen molar-refractivity contribution in [3.8, 4) is 0 Å². The molecule has 29 heavy (non-hydrogen) atoms. The first kappa shape index (κ1) is 21.0. The van der Waals surface area contributed by atoms with E-state index in [1.54, 1.807) is 0 Å². The molecule has 1 aromatic heterocycles. The summed E-state index contributed by atoms with van der Waals surface area (Å²) in [5.74, 6) is 0.768. The summed E-state index contributed by atoms with van der Waals surface area (Å²) in [6.07, 6.45) is 0.686. The van der Waals surface area contributed by atoms with E-state index in [1.165, 1.54) is 17.1 Å². The van der Waals surface area contributed by atoms with Gasteiger partial charge in [0, 0.05) is 37.6 Å². The van der Waals surface area contributed by atoms with Gasteiger partial charge in [-0.3, -0.25) is 4.79 Å². The van der Waals surface area contributed by atoms with Gasteiger partial charge in [-0.2, -0.15) is 4.37 Å². The largest absolute Gasteiger partial charge is 0.353 e. The van der Waals surface area contributed by atoms with E-state index in [1.807, 2.05) is 60.3 Å². The van der Waals surface area contributed by atoms with Gasteiger partial charge in [0.05, 0.1) is 6.54 Å². The standard InChI is InChI=1S/C22H27N5OS/c1-26(2)14-13-23-21(28)17-27(16-19-11-7-4-8-12-19)22-24-20(25-29-22)15-18-9-5-3-6-10-18/h3-12H,13-17H2,1-2H3,(H,23,28). The van der Waals surface area contributed by atoms with Crippen LogP contribution in [-0.4, -0.2) is 53.9 Å². The molecule has 1 heterocycles. The van der Waals surface area contributed by atoms with Gasteiger partial charge in [0.25, 0.3) is 0 Å². The highest BCUT2D eigenvalue weighted by atomic mass is 32.1. The van der Waals surface area contributed by atoms with Crippen LogP contribution in [0.15, 0.2) is 60.7 Å². The average Bonchev–Trinajstić information content (AvgIpc) is 3.17. The topological polar surface area (TPSA) is 61.4 Å². The summed E-state index contributed by atoms with van der Waals surface area (Å²) in [5, 5.41) is 3.75. The Morgan fingerprint density at radius 3 is 2.31 bits per heavy atom. The second-order valence-electron chi connectivity index (χ2n) is 7.15. The Morgan fingerprint density at radius 2 is 1.66 bits per heavy atom. The van der Waals surface area contributed by atoms with Crippen molar-refractivity contribution in [2.45, 2.75) is 13.0 Å². The predicted molar refractivity (Wildman–Crippen MR) is 118 cm³/mol. The number of carbonyl (C=O) groups excluding carboxylic acids is 1. The van der Waals surface area contributed by atoms with E-state index in [4.69, 9.17) is 4.98 Å². The molecule has 3 aromatic rings. The third-order valence-corrected chi connectivity index (χ3v) is 5.18. The monoisotopic (exact) mass is 409 g/mol. The molecule has 6 nitrogen and oxygen atoms in total. The van der Waals surface area contributed by atoms with Gasteiger partial charge in [0.1, 0.15) is 5.82 Å². The van der Waals surface area contributed by atoms with Crippen LogP contribution in [0.3, 0.4) is 0 Å². The molecule has 0 unspecified atom stereocenters. The number of nitrogens with one attached hydrogen (secondary N) is 1. The van der Waals surface area contributed by atoms with E-state index in [0.717, 1.165) is 23.1 Å². The summed E-state index contributed by atoms with van der Waals surface area (Å²) in [5.41, 5.74) is 2.31. The lowest BCUT2D eigenvalue weighted by molar-refractivity contribution is -0.119. The lowest BCUT2D eigenvalue weighted by Crippen LogP contribution is -2.39. The van der Waals surface area contributed by atoms with Gasteiger partial charge >= 0.3 is 0 Å². The lowest BCUT2D eigenvalue weighted by atomic mass is 10.1. The van der Waals surface area contributed by atoms with Crippen molar-refractivity contribution in [3.05, 3.63) is 77.6 Å². The highest BCUT2D eigenvalue weighted by molar-refractivity contribution is 7.09. The third kappa shape index (κ3) is 6.96. The van der Waals surface area contributed by atoms with E-state index in [9.17, 15) is 4.79 Å². The molecular weight excluding hydrogens is 382 g/mol. The normalized spacial score (nSPS) is 10.9. The fraction of sp³-hybridized carbons (Fsp3) is 0.318. The number of hydrogen-bond acceptors (Lipinski definition) is 6. The average molecular weight is 410 g/mol. The van der Waals surface area contributed by atoms with Gasteiger partial charge in [-0.25, -0.2) is 4.98 Å². The van der Waals surface area contributed by atoms with Gasteiger partial charge < -0.3 is 15.1 Å². The number of anilines is 1. The van der Waals surface area contributed by atoms with Gasteiger partial charge in [-0.1, -0.05) is 60.7 Å². The first-order chi connectivity index (χ1) is 14.1. The summed E-state index contributed by atoms with van der Waals surface area (Å²) in [4.78, 5) is 21.2. The fourth-order valence-electron chi connectivity index (χ4n) is 2.87. The van der Waals surface area contributed by atoms with Crippen LogP contribution in [0.4, 0.5) is 5.13 Å². The zero-order valence-electron chi connectivity index (χ0n) is 16.9. The Kier molecular flexibility index (Phi) is 7.72. The quantitative estimate of drug-likeness (QED) is 0.558. The molecule has 0 aliphatic carbocycles. The van der Waals surface area contributed by atoms with Crippen LogP contribution in [0, 0.1) is 0 Å². The fourth-order valence-corrected chi connectivity index (χ4v) is 3.55. The van der Waals surface area contributed by atoms with E-state index < -0.39 is 0 Å². The molecule has 0 aliphatic rings. The van der Waals surface area contributed by atoms with Crippen molar-refractivity contribution in [3.63, 3.8) is 0 Å². The molecule has 0 bridgehead atoms. The van der Waals surface area contributed by atoms with E-state index in [-0.39, 0.29) is 12.5 Å². The van der Waals surface area contributed by atoms with Gasteiger partial charge in [-0.15, -0.1) is 0 Å². The predicted octanol–water partition coefficient (Wildman–Crippen LogP) is 2.81. The Morgan fingerprint density at radius 1 is 1.00 bits per heavy atom. The molecule has 2 aromatic carbocycles. The van der Waals surface area contributed by atoms with Crippen molar-refractivity contribution >= 4 is 22.6 Å². The molecule has 3 rings (SSSR count). The van der Waals surface area contributed by atoms with Crippen molar-refractivity contribution in [2.24, 2.45) is 0 Å². The molecule has 0 atom stereocenters. The second-order valence-corrected chi connectivity index (χ2v) is 7.88. The first-order valence-corrected chi connectivity index (χ1v) is 10.4. The van der Waals surface area contributed by atoms with Gasteiger partial charge in [0.2, 0.25) is 11.0 Å². The van der Waals surface area contributed by atoms with Gasteiger partial charge in [-0.05, 0) is 25.2 Å². The number of rotatable bonds is 10. The van der Waals surface area contributed by atoms with Crippen LogP contribution in [0.25, 0.3) is 0 Å². The van der Waals surface area contributed by atoms with Crippen LogP contribution < -0.4 is 10.2 Å². The highest BCUT2D eigenvalue weighted by Crippen LogP contribution is 2.21. The first-order valence-electron chi connectivity index (χ1n) is 9.67. The summed E-state index contributed by atoms with van der Waals surface area (Å²) in [6.45, 7) is 2.30. The molecule has 0 spiro atoms. The van der Waals surface area contributed by atoms with Crippen molar-refractivity contribution in [2.75, 3.05) is 38.6 Å². The minimum atomic E-state index is -0.0115. The van der Waals surface area contributed by atoms with E-state index in [0.29, 0.717) is 19.5 Å². The zero-order valence-corrected chi connectivity index (χ0v) is 17.7. The number of aromatic nitrogens is 2. The maximum Gasteiger partial charge on any atom is 0.239 e. The van der Waals surface area contributed by atoms with Crippen LogP contribution in [0.1, 0.15) is 17.0 Å². The molecule has 1 amide bonds. The van der Waals surface area contributed by atoms with E-state index >= 15 is 0 Å². The number of likely N-dealkylation sites (N-methyl/N-ethyl adjacent to an activating group) is 1. The number of benzene rings is 2. The minimum Gasteiger partial charge on any atom is -0.353 e. The summed E-state index contributed by atoms with van der Waals surface area (Å²) in [7, 11) is 3.98. The zero-order chi connectivity index (χ0) is 20.5. The minimum absolute atomic E-state index is 0.0115. The van der Waals surface area contributed by atoms with Crippen LogP contribution in [-0.2, 0) is 17.8 Å². The molecule has 0 saturated heterocycles. The molecule has 152 valence electrons. The van der Waals surface area contributed by atoms with Crippen molar-refractivity contribution in [1.29, 1.82) is 0 Å². The van der Waals surface area contributed by atoms with Crippen molar-refractivity contribution in [1.82, 2.24) is 19.6 Å². The molecular formula is C22H27N5OS. The third-order valence-electron chi connectivity index (χ3n) is 4.36. The number of amides is 1. The summed E-state index contributed by atoms with van der Waals surface area (Å²) < 4.78 is 4.52. The van der Waals surface area contributed by atoms with Crippen LogP contribution in [0.2, 0.25) is 0 Å². The molecule has 0 saturated carbocycles. The smallest absolute Gasteiger partial charge is 0.239 e. The SMILES string of the molecule is CN(C)CCNC(=O)CN(Cc1ccccc1)c1nc(Cc2ccccc2)ns1. The highest BCUT2D eigenvalue weighted by Gasteiger charge is 2.17. The molecule has 0 aliphatic heterocycles. The van der Waals surface area contributed by atoms with Crippen LogP contribution in [0.5, 0.6) is 0 Å². The molecule has 0 radical (unpaired) electrons. The Bertz CT molecular complexity index is 882. The maximum absolute atomic E-state index is 12.5. The van der Waals surface area contributed by atoms with Crippen LogP contribution >= 0.6 is 11.5 Å². The lowest BCUT2D eigenvalue weighted by Gasteiger charge is -2.21. The van der Waals surface area contributed by atoms with E-state index in [2.05, 4.69) is 34.0 Å². The van der Waals surface area contributed by atoms with Gasteiger partial charge in [0.15, 0.2) is 0 Å². The van der Waals surface area contributed by atoms with Crippen molar-refractivity contribution < 1.29 is 4.79 Å². The molecule has 0 fully saturated rings. The second kappa shape index (κ2) is 10.7. The Labute approximate surface area is 176 Å². The number of hydrogen-bond donors (Lipinski definition) is 1. The maximum atomic E-state index is 12.5. The molecule has 7 heteroatoms. The summed E-state index contributed by atoms with van der Waals surface area (Å²) in [6, 6.07) is 20.3. The number of carbonyl (C=O) groups is 1. The summed E-state index contributed by atoms with van der Waals surface area (Å²) >= 11 is 1.34. The number of nitrogens with zero attached hydrogens (tertiary/aromatic N) is 4. The Hall–Kier alpha value is -2.77. The Balaban J connectivity index is 1.69.